The number of carbonyl (C=O) groups is 1. The second-order valence-corrected chi connectivity index (χ2v) is 8.77. The topological polar surface area (TPSA) is 60.9 Å². The number of amides is 1. The predicted molar refractivity (Wildman–Crippen MR) is 85.0 cm³/mol. The van der Waals surface area contributed by atoms with Crippen molar-refractivity contribution in [2.24, 2.45) is 0 Å². The molecule has 0 bridgehead atoms. The highest BCUT2D eigenvalue weighted by atomic mass is 32.2. The van der Waals surface area contributed by atoms with Gasteiger partial charge in [-0.15, -0.1) is 0 Å². The van der Waals surface area contributed by atoms with Crippen molar-refractivity contribution < 1.29 is 13.2 Å². The smallest absolute Gasteiger partial charge is 0.241 e. The lowest BCUT2D eigenvalue weighted by Gasteiger charge is -2.39. The Labute approximate surface area is 133 Å². The van der Waals surface area contributed by atoms with E-state index in [4.69, 9.17) is 0 Å². The average Bonchev–Trinajstić information content (AvgIpc) is 3.17. The second kappa shape index (κ2) is 6.45. The van der Waals surface area contributed by atoms with Gasteiger partial charge in [0.05, 0.1) is 6.26 Å². The fraction of sp³-hybridized carbons (Fsp3) is 0.933. The van der Waals surface area contributed by atoms with Crippen molar-refractivity contribution in [1.29, 1.82) is 0 Å². The van der Waals surface area contributed by atoms with E-state index in [-0.39, 0.29) is 5.91 Å². The van der Waals surface area contributed by atoms with Crippen LogP contribution in [0.15, 0.2) is 0 Å². The molecule has 3 fully saturated rings. The van der Waals surface area contributed by atoms with Crippen molar-refractivity contribution in [2.45, 2.75) is 50.6 Å². The zero-order chi connectivity index (χ0) is 15.7. The van der Waals surface area contributed by atoms with Crippen LogP contribution in [0, 0.1) is 0 Å². The Bertz CT molecular complexity index is 508. The summed E-state index contributed by atoms with van der Waals surface area (Å²) in [6, 6.07) is 0.240. The highest BCUT2D eigenvalue weighted by Gasteiger charge is 2.39. The minimum Gasteiger partial charge on any atom is -0.339 e. The molecule has 0 N–H and O–H groups in total. The standard InChI is InChI=1S/C15H27N3O3S/c1-22(20,21)18-8-4-7-14(18)15(19)17-11-9-16(10-12-17)13-5-2-3-6-13/h13-14H,2-12H2,1H3. The molecule has 0 aromatic heterocycles. The van der Waals surface area contributed by atoms with Crippen LogP contribution in [0.4, 0.5) is 0 Å². The highest BCUT2D eigenvalue weighted by Crippen LogP contribution is 2.26. The van der Waals surface area contributed by atoms with Crippen molar-refractivity contribution in [3.05, 3.63) is 0 Å². The van der Waals surface area contributed by atoms with Gasteiger partial charge in [-0.25, -0.2) is 8.42 Å². The molecule has 1 unspecified atom stereocenters. The van der Waals surface area contributed by atoms with Crippen molar-refractivity contribution in [2.75, 3.05) is 39.0 Å². The van der Waals surface area contributed by atoms with Crippen LogP contribution < -0.4 is 0 Å². The molecule has 0 aromatic carbocycles. The lowest BCUT2D eigenvalue weighted by Crippen LogP contribution is -2.55. The van der Waals surface area contributed by atoms with E-state index in [9.17, 15) is 13.2 Å². The van der Waals surface area contributed by atoms with Crippen molar-refractivity contribution in [1.82, 2.24) is 14.1 Å². The van der Waals surface area contributed by atoms with Crippen LogP contribution in [-0.2, 0) is 14.8 Å². The molecular weight excluding hydrogens is 302 g/mol. The molecule has 3 aliphatic rings. The summed E-state index contributed by atoms with van der Waals surface area (Å²) in [5, 5.41) is 0. The molecule has 1 atom stereocenters. The first-order valence-electron chi connectivity index (χ1n) is 8.46. The minimum atomic E-state index is -3.28. The minimum absolute atomic E-state index is 0.00833. The van der Waals surface area contributed by atoms with Gasteiger partial charge in [-0.1, -0.05) is 12.8 Å². The monoisotopic (exact) mass is 329 g/mol. The molecule has 1 aliphatic carbocycles. The second-order valence-electron chi connectivity index (χ2n) is 6.83. The third-order valence-electron chi connectivity index (χ3n) is 5.38. The predicted octanol–water partition coefficient (Wildman–Crippen LogP) is 0.497. The Morgan fingerprint density at radius 2 is 1.55 bits per heavy atom. The zero-order valence-corrected chi connectivity index (χ0v) is 14.2. The fourth-order valence-corrected chi connectivity index (χ4v) is 5.29. The number of hydrogen-bond donors (Lipinski definition) is 0. The molecule has 2 heterocycles. The van der Waals surface area contributed by atoms with Gasteiger partial charge in [0.2, 0.25) is 15.9 Å². The first-order chi connectivity index (χ1) is 10.5. The molecular formula is C15H27N3O3S. The summed E-state index contributed by atoms with van der Waals surface area (Å²) < 4.78 is 25.0. The fourth-order valence-electron chi connectivity index (χ4n) is 4.17. The summed E-state index contributed by atoms with van der Waals surface area (Å²) in [4.78, 5) is 17.1. The largest absolute Gasteiger partial charge is 0.339 e. The van der Waals surface area contributed by atoms with Crippen LogP contribution in [-0.4, -0.2) is 79.5 Å². The number of nitrogens with zero attached hydrogens (tertiary/aromatic N) is 3. The third kappa shape index (κ3) is 3.31. The quantitative estimate of drug-likeness (QED) is 0.756. The molecule has 3 rings (SSSR count). The number of sulfonamides is 1. The van der Waals surface area contributed by atoms with E-state index >= 15 is 0 Å². The molecule has 0 spiro atoms. The van der Waals surface area contributed by atoms with Crippen LogP contribution >= 0.6 is 0 Å². The number of hydrogen-bond acceptors (Lipinski definition) is 4. The molecule has 22 heavy (non-hydrogen) atoms. The van der Waals surface area contributed by atoms with Gasteiger partial charge >= 0.3 is 0 Å². The van der Waals surface area contributed by atoms with Gasteiger partial charge in [-0.2, -0.15) is 4.31 Å². The molecule has 2 aliphatic heterocycles. The maximum atomic E-state index is 12.7. The Hall–Kier alpha value is -0.660. The maximum absolute atomic E-state index is 12.7. The van der Waals surface area contributed by atoms with E-state index in [0.717, 1.165) is 32.6 Å². The van der Waals surface area contributed by atoms with E-state index in [1.807, 2.05) is 4.90 Å². The van der Waals surface area contributed by atoms with Crippen LogP contribution in [0.5, 0.6) is 0 Å². The highest BCUT2D eigenvalue weighted by molar-refractivity contribution is 7.88. The van der Waals surface area contributed by atoms with Gasteiger partial charge < -0.3 is 4.90 Å². The van der Waals surface area contributed by atoms with Gasteiger partial charge in [0.1, 0.15) is 6.04 Å². The average molecular weight is 329 g/mol. The number of carbonyl (C=O) groups excluding carboxylic acids is 1. The van der Waals surface area contributed by atoms with Crippen LogP contribution in [0.25, 0.3) is 0 Å². The molecule has 0 aromatic rings. The third-order valence-corrected chi connectivity index (χ3v) is 6.67. The maximum Gasteiger partial charge on any atom is 0.241 e. The summed E-state index contributed by atoms with van der Waals surface area (Å²) in [5.74, 6) is 0.00833. The molecule has 1 amide bonds. The van der Waals surface area contributed by atoms with Crippen molar-refractivity contribution in [3.63, 3.8) is 0 Å². The Morgan fingerprint density at radius 1 is 0.909 bits per heavy atom. The van der Waals surface area contributed by atoms with E-state index < -0.39 is 16.1 Å². The Balaban J connectivity index is 1.57. The summed E-state index contributed by atoms with van der Waals surface area (Å²) >= 11 is 0. The molecule has 2 saturated heterocycles. The molecule has 6 nitrogen and oxygen atoms in total. The van der Waals surface area contributed by atoms with Gasteiger partial charge in [-0.05, 0) is 25.7 Å². The first-order valence-corrected chi connectivity index (χ1v) is 10.3. The lowest BCUT2D eigenvalue weighted by atomic mass is 10.1. The van der Waals surface area contributed by atoms with Gasteiger partial charge in [0.25, 0.3) is 0 Å². The van der Waals surface area contributed by atoms with Crippen molar-refractivity contribution in [3.8, 4) is 0 Å². The zero-order valence-electron chi connectivity index (χ0n) is 13.4. The van der Waals surface area contributed by atoms with Crippen molar-refractivity contribution >= 4 is 15.9 Å². The Kier molecular flexibility index (Phi) is 4.75. The van der Waals surface area contributed by atoms with Crippen LogP contribution in [0.2, 0.25) is 0 Å². The van der Waals surface area contributed by atoms with E-state index in [1.165, 1.54) is 36.2 Å². The SMILES string of the molecule is CS(=O)(=O)N1CCCC1C(=O)N1CCN(C2CCCC2)CC1. The van der Waals surface area contributed by atoms with Gasteiger partial charge in [0.15, 0.2) is 0 Å². The summed E-state index contributed by atoms with van der Waals surface area (Å²) in [6.45, 7) is 3.83. The van der Waals surface area contributed by atoms with Gasteiger partial charge in [-0.3, -0.25) is 9.69 Å². The molecule has 7 heteroatoms. The Morgan fingerprint density at radius 3 is 2.14 bits per heavy atom. The normalized spacial score (nSPS) is 29.3. The summed E-state index contributed by atoms with van der Waals surface area (Å²) in [6.07, 6.45) is 7.89. The molecule has 1 saturated carbocycles. The summed E-state index contributed by atoms with van der Waals surface area (Å²) in [5.41, 5.74) is 0. The van der Waals surface area contributed by atoms with Gasteiger partial charge in [0, 0.05) is 38.8 Å². The van der Waals surface area contributed by atoms with E-state index in [2.05, 4.69) is 4.90 Å². The van der Waals surface area contributed by atoms with E-state index in [0.29, 0.717) is 19.0 Å². The molecule has 126 valence electrons. The lowest BCUT2D eigenvalue weighted by molar-refractivity contribution is -0.136. The number of rotatable bonds is 3. The van der Waals surface area contributed by atoms with Crippen LogP contribution in [0.3, 0.4) is 0 Å². The number of piperazine rings is 1. The first kappa shape index (κ1) is 16.2. The van der Waals surface area contributed by atoms with E-state index in [1.54, 1.807) is 0 Å². The molecule has 0 radical (unpaired) electrons. The summed E-state index contributed by atoms with van der Waals surface area (Å²) in [7, 11) is -3.28. The van der Waals surface area contributed by atoms with Crippen LogP contribution in [0.1, 0.15) is 38.5 Å².